The summed E-state index contributed by atoms with van der Waals surface area (Å²) in [4.78, 5) is 14.5. The molecular weight excluding hydrogens is 364 g/mol. The predicted molar refractivity (Wildman–Crippen MR) is 109 cm³/mol. The molecule has 2 aromatic heterocycles. The maximum atomic E-state index is 7.40. The van der Waals surface area contributed by atoms with E-state index in [1.807, 2.05) is 24.3 Å². The third kappa shape index (κ3) is 3.23. The average molecular weight is 386 g/mol. The Morgan fingerprint density at radius 1 is 1.14 bits per heavy atom. The Morgan fingerprint density at radius 2 is 2.07 bits per heavy atom. The fourth-order valence-corrected chi connectivity index (χ4v) is 4.46. The number of aromatic nitrogens is 5. The molecular formula is C21H22N8. The van der Waals surface area contributed by atoms with E-state index in [0.29, 0.717) is 11.7 Å². The number of hydrogen-bond acceptors (Lipinski definition) is 6. The summed E-state index contributed by atoms with van der Waals surface area (Å²) < 4.78 is 0. The van der Waals surface area contributed by atoms with Crippen molar-refractivity contribution in [3.05, 3.63) is 65.4 Å². The van der Waals surface area contributed by atoms with Gasteiger partial charge in [-0.25, -0.2) is 4.85 Å². The third-order valence-electron chi connectivity index (χ3n) is 5.85. The number of tetrazole rings is 1. The topological polar surface area (TPSA) is 67.3 Å². The lowest BCUT2D eigenvalue weighted by atomic mass is 10.1. The maximum Gasteiger partial charge on any atom is 0.228 e. The van der Waals surface area contributed by atoms with Gasteiger partial charge in [-0.3, -0.25) is 9.88 Å². The first-order valence-corrected chi connectivity index (χ1v) is 9.93. The number of piperazine rings is 1. The van der Waals surface area contributed by atoms with Crippen molar-refractivity contribution < 1.29 is 0 Å². The van der Waals surface area contributed by atoms with E-state index >= 15 is 0 Å². The highest BCUT2D eigenvalue weighted by molar-refractivity contribution is 5.66. The molecule has 0 N–H and O–H groups in total. The van der Waals surface area contributed by atoms with Crippen LogP contribution >= 0.6 is 0 Å². The predicted octanol–water partition coefficient (Wildman–Crippen LogP) is 2.94. The minimum atomic E-state index is 0.199. The van der Waals surface area contributed by atoms with Crippen LogP contribution in [0.2, 0.25) is 0 Å². The summed E-state index contributed by atoms with van der Waals surface area (Å²) in [7, 11) is 0. The molecule has 1 aromatic carbocycles. The summed E-state index contributed by atoms with van der Waals surface area (Å²) in [5.74, 6) is 1.59. The summed E-state index contributed by atoms with van der Waals surface area (Å²) in [5.41, 5.74) is 2.73. The molecule has 3 aromatic rings. The van der Waals surface area contributed by atoms with E-state index in [0.717, 1.165) is 49.8 Å². The van der Waals surface area contributed by atoms with Crippen LogP contribution in [0.5, 0.6) is 0 Å². The van der Waals surface area contributed by atoms with Gasteiger partial charge in [0.05, 0.1) is 18.3 Å². The minimum absolute atomic E-state index is 0.199. The second-order valence-corrected chi connectivity index (χ2v) is 7.66. The highest BCUT2D eigenvalue weighted by atomic mass is 15.6. The van der Waals surface area contributed by atoms with Crippen LogP contribution in [-0.4, -0.2) is 55.8 Å². The first-order valence-electron chi connectivity index (χ1n) is 9.93. The number of rotatable bonds is 3. The maximum absolute atomic E-state index is 7.40. The summed E-state index contributed by atoms with van der Waals surface area (Å²) in [6, 6.07) is 12.4. The minimum Gasteiger partial charge on any atom is -0.362 e. The third-order valence-corrected chi connectivity index (χ3v) is 5.85. The van der Waals surface area contributed by atoms with Gasteiger partial charge in [0.15, 0.2) is 5.82 Å². The van der Waals surface area contributed by atoms with E-state index < -0.39 is 0 Å². The van der Waals surface area contributed by atoms with Gasteiger partial charge >= 0.3 is 0 Å². The van der Waals surface area contributed by atoms with Gasteiger partial charge in [0.2, 0.25) is 5.69 Å². The molecule has 8 heteroatoms. The van der Waals surface area contributed by atoms with E-state index in [1.54, 1.807) is 11.0 Å². The van der Waals surface area contributed by atoms with Gasteiger partial charge in [-0.15, -0.1) is 15.0 Å². The molecule has 2 atom stereocenters. The highest BCUT2D eigenvalue weighted by Crippen LogP contribution is 2.38. The van der Waals surface area contributed by atoms with Crippen molar-refractivity contribution >= 4 is 11.5 Å². The monoisotopic (exact) mass is 386 g/mol. The Morgan fingerprint density at radius 3 is 2.93 bits per heavy atom. The molecule has 2 aliphatic heterocycles. The standard InChI is InChI=1S/C21H22N8/c1-15-5-3-6-16(13-15)29-25-20(24-26-29)19-9-8-17-14-27(11-12-28(17)19)21-18(22-2)7-4-10-23-21/h3-7,10,13,17,19H,8-9,11-12,14H2,1H3. The van der Waals surface area contributed by atoms with Crippen LogP contribution in [0.3, 0.4) is 0 Å². The normalized spacial score (nSPS) is 21.7. The molecule has 2 unspecified atom stereocenters. The molecule has 8 nitrogen and oxygen atoms in total. The van der Waals surface area contributed by atoms with Crippen LogP contribution in [0.4, 0.5) is 11.5 Å². The van der Waals surface area contributed by atoms with E-state index in [2.05, 4.69) is 54.1 Å². The number of anilines is 1. The van der Waals surface area contributed by atoms with Gasteiger partial charge in [-0.2, -0.15) is 0 Å². The van der Waals surface area contributed by atoms with Gasteiger partial charge in [-0.05, 0) is 42.7 Å². The lowest BCUT2D eigenvalue weighted by Gasteiger charge is -2.40. The van der Waals surface area contributed by atoms with Crippen molar-refractivity contribution in [1.29, 1.82) is 0 Å². The van der Waals surface area contributed by atoms with Crippen LogP contribution in [-0.2, 0) is 0 Å². The quantitative estimate of drug-likeness (QED) is 0.645. The zero-order valence-corrected chi connectivity index (χ0v) is 16.3. The molecule has 0 spiro atoms. The molecule has 5 rings (SSSR count). The zero-order valence-electron chi connectivity index (χ0n) is 16.3. The largest absolute Gasteiger partial charge is 0.362 e. The van der Waals surface area contributed by atoms with Crippen molar-refractivity contribution in [2.45, 2.75) is 31.8 Å². The van der Waals surface area contributed by atoms with Crippen molar-refractivity contribution in [2.75, 3.05) is 24.5 Å². The van der Waals surface area contributed by atoms with Gasteiger partial charge in [0, 0.05) is 31.9 Å². The van der Waals surface area contributed by atoms with Gasteiger partial charge in [0.1, 0.15) is 5.82 Å². The number of aryl methyl sites for hydroxylation is 1. The van der Waals surface area contributed by atoms with Crippen LogP contribution in [0.15, 0.2) is 42.6 Å². The van der Waals surface area contributed by atoms with Gasteiger partial charge in [-0.1, -0.05) is 24.3 Å². The molecule has 0 saturated carbocycles. The molecule has 2 fully saturated rings. The van der Waals surface area contributed by atoms with Gasteiger partial charge < -0.3 is 4.90 Å². The molecule has 0 bridgehead atoms. The number of hydrogen-bond donors (Lipinski definition) is 0. The molecule has 0 aliphatic carbocycles. The number of fused-ring (bicyclic) bond motifs is 1. The fourth-order valence-electron chi connectivity index (χ4n) is 4.46. The second kappa shape index (κ2) is 7.26. The lowest BCUT2D eigenvalue weighted by molar-refractivity contribution is 0.170. The van der Waals surface area contributed by atoms with Crippen LogP contribution < -0.4 is 4.90 Å². The molecule has 29 heavy (non-hydrogen) atoms. The first-order chi connectivity index (χ1) is 14.2. The number of pyridine rings is 1. The first kappa shape index (κ1) is 17.8. The average Bonchev–Trinajstić information content (AvgIpc) is 3.40. The summed E-state index contributed by atoms with van der Waals surface area (Å²) in [5, 5.41) is 13.4. The zero-order chi connectivity index (χ0) is 19.8. The van der Waals surface area contributed by atoms with Crippen molar-refractivity contribution in [2.24, 2.45) is 0 Å². The van der Waals surface area contributed by atoms with Crippen LogP contribution in [0.25, 0.3) is 10.5 Å². The second-order valence-electron chi connectivity index (χ2n) is 7.66. The Balaban J connectivity index is 1.33. The van der Waals surface area contributed by atoms with Crippen molar-refractivity contribution in [3.63, 3.8) is 0 Å². The Bertz CT molecular complexity index is 1070. The van der Waals surface area contributed by atoms with Crippen molar-refractivity contribution in [1.82, 2.24) is 30.1 Å². The summed E-state index contributed by atoms with van der Waals surface area (Å²) in [6.07, 6.45) is 3.87. The Labute approximate surface area is 169 Å². The van der Waals surface area contributed by atoms with Crippen molar-refractivity contribution in [3.8, 4) is 5.69 Å². The van der Waals surface area contributed by atoms with E-state index in [-0.39, 0.29) is 6.04 Å². The number of nitrogens with zero attached hydrogens (tertiary/aromatic N) is 8. The molecule has 2 aliphatic rings. The summed E-state index contributed by atoms with van der Waals surface area (Å²) >= 11 is 0. The van der Waals surface area contributed by atoms with E-state index in [4.69, 9.17) is 6.57 Å². The highest BCUT2D eigenvalue weighted by Gasteiger charge is 2.40. The van der Waals surface area contributed by atoms with Crippen LogP contribution in [0.1, 0.15) is 30.3 Å². The molecule has 146 valence electrons. The molecule has 2 saturated heterocycles. The van der Waals surface area contributed by atoms with E-state index in [9.17, 15) is 0 Å². The molecule has 0 amide bonds. The summed E-state index contributed by atoms with van der Waals surface area (Å²) in [6.45, 7) is 12.1. The lowest BCUT2D eigenvalue weighted by Crippen LogP contribution is -2.51. The smallest absolute Gasteiger partial charge is 0.228 e. The molecule has 4 heterocycles. The van der Waals surface area contributed by atoms with Gasteiger partial charge in [0.25, 0.3) is 0 Å². The van der Waals surface area contributed by atoms with E-state index in [1.165, 1.54) is 5.56 Å². The fraction of sp³-hybridized carbons (Fsp3) is 0.381. The Hall–Kier alpha value is -3.31. The Kier molecular flexibility index (Phi) is 4.45. The van der Waals surface area contributed by atoms with Crippen LogP contribution in [0, 0.1) is 13.5 Å². The SMILES string of the molecule is [C-]#[N+]c1cccnc1N1CCN2C(CCC2c2nnn(-c3cccc(C)c3)n2)C1. The number of benzene rings is 1. The molecule has 0 radical (unpaired) electrons.